The van der Waals surface area contributed by atoms with Gasteiger partial charge in [-0.2, -0.15) is 0 Å². The predicted molar refractivity (Wildman–Crippen MR) is 98.1 cm³/mol. The summed E-state index contributed by atoms with van der Waals surface area (Å²) in [5, 5.41) is 11.1. The van der Waals surface area contributed by atoms with E-state index in [4.69, 9.17) is 4.74 Å². The lowest BCUT2D eigenvalue weighted by atomic mass is 10.1. The van der Waals surface area contributed by atoms with Crippen molar-refractivity contribution in [1.29, 1.82) is 0 Å². The quantitative estimate of drug-likeness (QED) is 0.759. The maximum Gasteiger partial charge on any atom is 0.278 e. The second-order valence-corrected chi connectivity index (χ2v) is 6.14. The van der Waals surface area contributed by atoms with Crippen molar-refractivity contribution in [3.05, 3.63) is 63.9 Å². The van der Waals surface area contributed by atoms with Crippen LogP contribution in [0.2, 0.25) is 0 Å². The average molecular weight is 352 g/mol. The second kappa shape index (κ2) is 7.35. The van der Waals surface area contributed by atoms with Crippen LogP contribution in [0.4, 0.5) is 0 Å². The number of carbonyl (C=O) groups excluding carboxylic acids is 1. The first-order chi connectivity index (χ1) is 12.5. The molecule has 0 unspecified atom stereocenters. The zero-order valence-corrected chi connectivity index (χ0v) is 14.9. The fourth-order valence-electron chi connectivity index (χ4n) is 2.65. The molecule has 1 atom stereocenters. The molecule has 0 fully saturated rings. The molecule has 1 N–H and O–H groups in total. The number of carbonyl (C=O) groups is 1. The van der Waals surface area contributed by atoms with Crippen LogP contribution in [0.15, 0.2) is 47.3 Å². The average Bonchev–Trinajstić information content (AvgIpc) is 2.64. The highest BCUT2D eigenvalue weighted by Gasteiger charge is 2.13. The zero-order valence-electron chi connectivity index (χ0n) is 14.9. The summed E-state index contributed by atoms with van der Waals surface area (Å²) < 4.78 is 6.17. The number of nitrogens with one attached hydrogen (secondary N) is 1. The van der Waals surface area contributed by atoms with Crippen molar-refractivity contribution in [2.24, 2.45) is 0 Å². The third kappa shape index (κ3) is 3.72. The lowest BCUT2D eigenvalue weighted by molar-refractivity contribution is -0.122. The minimum Gasteiger partial charge on any atom is -0.497 e. The molecule has 0 radical (unpaired) electrons. The van der Waals surface area contributed by atoms with Crippen molar-refractivity contribution in [3.8, 4) is 5.75 Å². The van der Waals surface area contributed by atoms with Crippen molar-refractivity contribution in [3.63, 3.8) is 0 Å². The first kappa shape index (κ1) is 17.6. The molecule has 26 heavy (non-hydrogen) atoms. The molecular weight excluding hydrogens is 332 g/mol. The number of hydrogen-bond donors (Lipinski definition) is 1. The van der Waals surface area contributed by atoms with Gasteiger partial charge in [-0.25, -0.2) is 4.68 Å². The molecule has 0 saturated carbocycles. The molecule has 0 aliphatic carbocycles. The zero-order chi connectivity index (χ0) is 18.7. The van der Waals surface area contributed by atoms with E-state index < -0.39 is 0 Å². The van der Waals surface area contributed by atoms with Crippen LogP contribution in [-0.2, 0) is 11.3 Å². The molecule has 134 valence electrons. The van der Waals surface area contributed by atoms with E-state index in [2.05, 4.69) is 15.6 Å². The summed E-state index contributed by atoms with van der Waals surface area (Å²) in [4.78, 5) is 24.8. The van der Waals surface area contributed by atoms with Crippen LogP contribution >= 0.6 is 0 Å². The van der Waals surface area contributed by atoms with Gasteiger partial charge in [-0.05, 0) is 31.5 Å². The van der Waals surface area contributed by atoms with E-state index in [0.717, 1.165) is 15.8 Å². The molecule has 1 aromatic heterocycles. The minimum absolute atomic E-state index is 0.170. The molecule has 3 aromatic rings. The van der Waals surface area contributed by atoms with Gasteiger partial charge in [0, 0.05) is 6.07 Å². The molecular formula is C19H20N4O3. The van der Waals surface area contributed by atoms with Gasteiger partial charge in [-0.3, -0.25) is 9.59 Å². The summed E-state index contributed by atoms with van der Waals surface area (Å²) in [5.41, 5.74) is 2.21. The number of fused-ring (bicyclic) bond motifs is 1. The molecule has 7 nitrogen and oxygen atoms in total. The van der Waals surface area contributed by atoms with Gasteiger partial charge in [0.2, 0.25) is 5.91 Å². The van der Waals surface area contributed by atoms with Crippen LogP contribution < -0.4 is 15.6 Å². The normalized spacial score (nSPS) is 12.0. The van der Waals surface area contributed by atoms with Gasteiger partial charge in [-0.1, -0.05) is 35.0 Å². The molecule has 0 saturated heterocycles. The molecule has 0 bridgehead atoms. The number of ether oxygens (including phenoxy) is 1. The van der Waals surface area contributed by atoms with Crippen LogP contribution in [-0.4, -0.2) is 28.0 Å². The minimum atomic E-state index is -0.365. The standard InChI is InChI=1S/C19H20N4O3/c1-12-4-6-14(7-5-12)13(2)20-18(24)11-23-19(25)16-9-8-15(26-3)10-17(16)21-22-23/h4-10,13H,11H2,1-3H3,(H,20,24)/t13-/m0/s1. The van der Waals surface area contributed by atoms with Gasteiger partial charge in [0.15, 0.2) is 0 Å². The van der Waals surface area contributed by atoms with Gasteiger partial charge in [0.05, 0.1) is 18.5 Å². The third-order valence-corrected chi connectivity index (χ3v) is 4.18. The van der Waals surface area contributed by atoms with Crippen molar-refractivity contribution < 1.29 is 9.53 Å². The van der Waals surface area contributed by atoms with Gasteiger partial charge in [0.25, 0.3) is 5.56 Å². The smallest absolute Gasteiger partial charge is 0.278 e. The van der Waals surface area contributed by atoms with Crippen LogP contribution in [0.25, 0.3) is 10.9 Å². The Hall–Kier alpha value is -3.22. The molecule has 1 amide bonds. The number of hydrogen-bond acceptors (Lipinski definition) is 5. The van der Waals surface area contributed by atoms with E-state index in [9.17, 15) is 9.59 Å². The Labute approximate surface area is 150 Å². The third-order valence-electron chi connectivity index (χ3n) is 4.18. The fraction of sp³-hybridized carbons (Fsp3) is 0.263. The lowest BCUT2D eigenvalue weighted by Crippen LogP contribution is -2.35. The lowest BCUT2D eigenvalue weighted by Gasteiger charge is -2.15. The van der Waals surface area contributed by atoms with Gasteiger partial charge in [-0.15, -0.1) is 5.10 Å². The van der Waals surface area contributed by atoms with E-state index in [1.807, 2.05) is 38.1 Å². The molecule has 1 heterocycles. The highest BCUT2D eigenvalue weighted by Crippen LogP contribution is 2.15. The van der Waals surface area contributed by atoms with Gasteiger partial charge < -0.3 is 10.1 Å². The summed E-state index contributed by atoms with van der Waals surface area (Å²) in [6.07, 6.45) is 0. The Morgan fingerprint density at radius 2 is 1.96 bits per heavy atom. The molecule has 0 spiro atoms. The SMILES string of the molecule is COc1ccc2c(=O)n(CC(=O)N[C@@H](C)c3ccc(C)cc3)nnc2c1. The van der Waals surface area contributed by atoms with Crippen molar-refractivity contribution in [1.82, 2.24) is 20.3 Å². The number of methoxy groups -OCH3 is 1. The number of rotatable bonds is 5. The topological polar surface area (TPSA) is 86.1 Å². The van der Waals surface area contributed by atoms with Crippen molar-refractivity contribution >= 4 is 16.8 Å². The van der Waals surface area contributed by atoms with E-state index >= 15 is 0 Å². The van der Waals surface area contributed by atoms with E-state index in [-0.39, 0.29) is 24.1 Å². The van der Waals surface area contributed by atoms with Crippen LogP contribution in [0.5, 0.6) is 5.75 Å². The Bertz CT molecular complexity index is 996. The van der Waals surface area contributed by atoms with E-state index in [1.54, 1.807) is 18.2 Å². The highest BCUT2D eigenvalue weighted by atomic mass is 16.5. The fourth-order valence-corrected chi connectivity index (χ4v) is 2.65. The van der Waals surface area contributed by atoms with Crippen molar-refractivity contribution in [2.45, 2.75) is 26.4 Å². The summed E-state index contributed by atoms with van der Waals surface area (Å²) >= 11 is 0. The summed E-state index contributed by atoms with van der Waals surface area (Å²) in [6.45, 7) is 3.71. The number of benzene rings is 2. The molecule has 7 heteroatoms. The maximum absolute atomic E-state index is 12.5. The molecule has 0 aliphatic heterocycles. The molecule has 3 rings (SSSR count). The number of aromatic nitrogens is 3. The maximum atomic E-state index is 12.5. The monoisotopic (exact) mass is 352 g/mol. The Morgan fingerprint density at radius 1 is 1.23 bits per heavy atom. The Morgan fingerprint density at radius 3 is 2.65 bits per heavy atom. The predicted octanol–water partition coefficient (Wildman–Crippen LogP) is 1.99. The second-order valence-electron chi connectivity index (χ2n) is 6.14. The van der Waals surface area contributed by atoms with Gasteiger partial charge in [0.1, 0.15) is 17.8 Å². The first-order valence-corrected chi connectivity index (χ1v) is 8.25. The summed E-state index contributed by atoms with van der Waals surface area (Å²) in [6, 6.07) is 12.7. The summed E-state index contributed by atoms with van der Waals surface area (Å²) in [7, 11) is 1.54. The van der Waals surface area contributed by atoms with E-state index in [0.29, 0.717) is 16.7 Å². The highest BCUT2D eigenvalue weighted by molar-refractivity contribution is 5.79. The van der Waals surface area contributed by atoms with Crippen LogP contribution in [0.1, 0.15) is 24.1 Å². The number of nitrogens with zero attached hydrogens (tertiary/aromatic N) is 3. The number of aryl methyl sites for hydroxylation is 1. The molecule has 2 aromatic carbocycles. The Kier molecular flexibility index (Phi) is 4.97. The summed E-state index contributed by atoms with van der Waals surface area (Å²) in [5.74, 6) is 0.288. The van der Waals surface area contributed by atoms with Crippen LogP contribution in [0, 0.1) is 6.92 Å². The van der Waals surface area contributed by atoms with Crippen molar-refractivity contribution in [2.75, 3.05) is 7.11 Å². The largest absolute Gasteiger partial charge is 0.497 e. The van der Waals surface area contributed by atoms with E-state index in [1.165, 1.54) is 7.11 Å². The van der Waals surface area contributed by atoms with Crippen LogP contribution in [0.3, 0.4) is 0 Å². The first-order valence-electron chi connectivity index (χ1n) is 8.25. The Balaban J connectivity index is 1.75. The molecule has 0 aliphatic rings. The van der Waals surface area contributed by atoms with Gasteiger partial charge >= 0.3 is 0 Å². The number of amides is 1.